The van der Waals surface area contributed by atoms with Gasteiger partial charge in [0, 0.05) is 33.9 Å². The van der Waals surface area contributed by atoms with Gasteiger partial charge in [-0.1, -0.05) is 41.5 Å². The first-order valence-corrected chi connectivity index (χ1v) is 8.40. The van der Waals surface area contributed by atoms with E-state index in [0.717, 1.165) is 6.42 Å². The maximum absolute atomic E-state index is 11.9. The second-order valence-electron chi connectivity index (χ2n) is 6.41. The predicted octanol–water partition coefficient (Wildman–Crippen LogP) is 2.66. The molecule has 0 aliphatic rings. The SMILES string of the molecule is CCC(CS(=O)C(C)C)NC(=O)NC(C)C(C)(C)C. The van der Waals surface area contributed by atoms with E-state index in [1.54, 1.807) is 0 Å². The van der Waals surface area contributed by atoms with E-state index >= 15 is 0 Å². The number of carbonyl (C=O) groups excluding carboxylic acids is 1. The van der Waals surface area contributed by atoms with Gasteiger partial charge in [0.2, 0.25) is 0 Å². The Hall–Kier alpha value is -0.580. The lowest BCUT2D eigenvalue weighted by molar-refractivity contribution is 0.219. The van der Waals surface area contributed by atoms with Gasteiger partial charge in [-0.05, 0) is 18.8 Å². The maximum Gasteiger partial charge on any atom is 0.315 e. The van der Waals surface area contributed by atoms with Gasteiger partial charge in [0.1, 0.15) is 0 Å². The van der Waals surface area contributed by atoms with Crippen molar-refractivity contribution in [3.8, 4) is 0 Å². The zero-order valence-corrected chi connectivity index (χ0v) is 14.2. The highest BCUT2D eigenvalue weighted by atomic mass is 32.2. The molecule has 0 aliphatic heterocycles. The zero-order valence-electron chi connectivity index (χ0n) is 13.4. The standard InChI is InChI=1S/C14H30N2O2S/c1-8-12(9-19(18)10(2)3)16-13(17)15-11(4)14(5,6)7/h10-12H,8-9H2,1-7H3,(H2,15,16,17). The molecule has 0 aliphatic carbocycles. The molecule has 0 radical (unpaired) electrons. The Balaban J connectivity index is 4.32. The lowest BCUT2D eigenvalue weighted by Gasteiger charge is -2.29. The molecule has 4 nitrogen and oxygen atoms in total. The first-order chi connectivity index (χ1) is 8.57. The number of rotatable bonds is 6. The van der Waals surface area contributed by atoms with E-state index in [2.05, 4.69) is 31.4 Å². The summed E-state index contributed by atoms with van der Waals surface area (Å²) in [6.07, 6.45) is 0.787. The summed E-state index contributed by atoms with van der Waals surface area (Å²) in [4.78, 5) is 11.9. The number of hydrogen-bond acceptors (Lipinski definition) is 2. The number of carbonyl (C=O) groups is 1. The fourth-order valence-electron chi connectivity index (χ4n) is 1.29. The smallest absolute Gasteiger partial charge is 0.315 e. The van der Waals surface area contributed by atoms with Gasteiger partial charge in [0.15, 0.2) is 0 Å². The van der Waals surface area contributed by atoms with Crippen LogP contribution in [0.15, 0.2) is 0 Å². The quantitative estimate of drug-likeness (QED) is 0.790. The van der Waals surface area contributed by atoms with E-state index in [0.29, 0.717) is 5.75 Å². The highest BCUT2D eigenvalue weighted by Gasteiger charge is 2.23. The van der Waals surface area contributed by atoms with Gasteiger partial charge in [-0.2, -0.15) is 0 Å². The fraction of sp³-hybridized carbons (Fsp3) is 0.929. The molecule has 0 aromatic heterocycles. The van der Waals surface area contributed by atoms with Gasteiger partial charge in [-0.25, -0.2) is 4.79 Å². The second kappa shape index (κ2) is 7.88. The molecule has 3 atom stereocenters. The lowest BCUT2D eigenvalue weighted by Crippen LogP contribution is -2.50. The fourth-order valence-corrected chi connectivity index (χ4v) is 2.39. The predicted molar refractivity (Wildman–Crippen MR) is 82.8 cm³/mol. The Morgan fingerprint density at radius 3 is 2.05 bits per heavy atom. The van der Waals surface area contributed by atoms with Gasteiger partial charge in [0.05, 0.1) is 0 Å². The van der Waals surface area contributed by atoms with E-state index in [9.17, 15) is 9.00 Å². The van der Waals surface area contributed by atoms with Crippen LogP contribution in [-0.4, -0.2) is 33.3 Å². The van der Waals surface area contributed by atoms with Crippen molar-refractivity contribution < 1.29 is 9.00 Å². The molecule has 3 unspecified atom stereocenters. The van der Waals surface area contributed by atoms with Gasteiger partial charge in [-0.3, -0.25) is 4.21 Å². The monoisotopic (exact) mass is 290 g/mol. The topological polar surface area (TPSA) is 58.2 Å². The van der Waals surface area contributed by atoms with Gasteiger partial charge < -0.3 is 10.6 Å². The number of nitrogens with one attached hydrogen (secondary N) is 2. The average Bonchev–Trinajstić information content (AvgIpc) is 2.26. The third kappa shape index (κ3) is 7.55. The van der Waals surface area contributed by atoms with Crippen LogP contribution in [0.4, 0.5) is 4.79 Å². The summed E-state index contributed by atoms with van der Waals surface area (Å²) in [5.41, 5.74) is 0.0276. The second-order valence-corrected chi connectivity index (χ2v) is 8.44. The maximum atomic E-state index is 11.9. The van der Waals surface area contributed by atoms with Crippen LogP contribution in [0.3, 0.4) is 0 Å². The minimum atomic E-state index is -0.890. The van der Waals surface area contributed by atoms with Crippen LogP contribution < -0.4 is 10.6 Å². The van der Waals surface area contributed by atoms with Crippen molar-refractivity contribution in [2.24, 2.45) is 5.41 Å². The molecule has 0 aromatic carbocycles. The lowest BCUT2D eigenvalue weighted by atomic mass is 9.88. The Morgan fingerprint density at radius 1 is 1.16 bits per heavy atom. The van der Waals surface area contributed by atoms with Crippen molar-refractivity contribution in [3.63, 3.8) is 0 Å². The van der Waals surface area contributed by atoms with E-state index in [1.807, 2.05) is 27.7 Å². The molecule has 2 amide bonds. The Kier molecular flexibility index (Phi) is 7.64. The summed E-state index contributed by atoms with van der Waals surface area (Å²) < 4.78 is 11.8. The molecule has 0 bridgehead atoms. The summed E-state index contributed by atoms with van der Waals surface area (Å²) in [5, 5.41) is 5.98. The molecular weight excluding hydrogens is 260 g/mol. The van der Waals surface area contributed by atoms with Gasteiger partial charge >= 0.3 is 6.03 Å². The van der Waals surface area contributed by atoms with Crippen molar-refractivity contribution in [1.82, 2.24) is 10.6 Å². The molecule has 0 heterocycles. The molecule has 0 aromatic rings. The van der Waals surface area contributed by atoms with Crippen LogP contribution in [0, 0.1) is 5.41 Å². The molecule has 0 spiro atoms. The largest absolute Gasteiger partial charge is 0.335 e. The zero-order chi connectivity index (χ0) is 15.2. The highest BCUT2D eigenvalue weighted by molar-refractivity contribution is 7.85. The van der Waals surface area contributed by atoms with Crippen molar-refractivity contribution in [3.05, 3.63) is 0 Å². The van der Waals surface area contributed by atoms with E-state index < -0.39 is 10.8 Å². The van der Waals surface area contributed by atoms with Crippen molar-refractivity contribution in [2.75, 3.05) is 5.75 Å². The number of amides is 2. The molecule has 114 valence electrons. The summed E-state index contributed by atoms with van der Waals surface area (Å²) in [7, 11) is -0.890. The Morgan fingerprint density at radius 2 is 1.68 bits per heavy atom. The van der Waals surface area contributed by atoms with Crippen molar-refractivity contribution in [2.45, 2.75) is 72.2 Å². The minimum absolute atomic E-state index is 0.0276. The first kappa shape index (κ1) is 18.4. The molecule has 0 fully saturated rings. The van der Waals surface area contributed by atoms with Gasteiger partial charge in [-0.15, -0.1) is 0 Å². The molecule has 0 saturated heterocycles. The average molecular weight is 290 g/mol. The van der Waals surface area contributed by atoms with E-state index in [1.165, 1.54) is 0 Å². The molecule has 19 heavy (non-hydrogen) atoms. The highest BCUT2D eigenvalue weighted by Crippen LogP contribution is 2.18. The number of hydrogen-bond donors (Lipinski definition) is 2. The van der Waals surface area contributed by atoms with Crippen molar-refractivity contribution >= 4 is 16.8 Å². The number of urea groups is 1. The van der Waals surface area contributed by atoms with E-state index in [-0.39, 0.29) is 28.8 Å². The Labute approximate surface area is 120 Å². The molecular formula is C14H30N2O2S. The minimum Gasteiger partial charge on any atom is -0.335 e. The normalized spacial score (nSPS) is 16.8. The third-order valence-corrected chi connectivity index (χ3v) is 5.15. The first-order valence-electron chi connectivity index (χ1n) is 7.02. The molecule has 0 rings (SSSR count). The summed E-state index contributed by atoms with van der Waals surface area (Å²) in [6.45, 7) is 14.1. The summed E-state index contributed by atoms with van der Waals surface area (Å²) >= 11 is 0. The summed E-state index contributed by atoms with van der Waals surface area (Å²) in [6, 6.07) is -0.119. The van der Waals surface area contributed by atoms with Crippen LogP contribution in [0.1, 0.15) is 54.9 Å². The van der Waals surface area contributed by atoms with Crippen LogP contribution in [-0.2, 0) is 10.8 Å². The van der Waals surface area contributed by atoms with Crippen LogP contribution in [0.2, 0.25) is 0 Å². The van der Waals surface area contributed by atoms with Gasteiger partial charge in [0.25, 0.3) is 0 Å². The van der Waals surface area contributed by atoms with E-state index in [4.69, 9.17) is 0 Å². The van der Waals surface area contributed by atoms with Crippen LogP contribution in [0.5, 0.6) is 0 Å². The summed E-state index contributed by atoms with van der Waals surface area (Å²) in [5.74, 6) is 0.519. The Bertz CT molecular complexity index is 311. The van der Waals surface area contributed by atoms with Crippen molar-refractivity contribution in [1.29, 1.82) is 0 Å². The van der Waals surface area contributed by atoms with Crippen LogP contribution >= 0.6 is 0 Å². The molecule has 2 N–H and O–H groups in total. The third-order valence-electron chi connectivity index (χ3n) is 3.37. The molecule has 5 heteroatoms. The molecule has 0 saturated carbocycles. The van der Waals surface area contributed by atoms with Crippen LogP contribution in [0.25, 0.3) is 0 Å².